The molecule has 244 valence electrons. The first-order chi connectivity index (χ1) is 22.9. The SMILES string of the molecule is COc1cc2c(c(OC)c1O)CC#CC1SSC3C=CCC(CCC4Cc5c(c(OC)cc6c5C1C(O)C2O6)-c1ccc(O)cc14)C3. The second-order valence-corrected chi connectivity index (χ2v) is 15.7. The van der Waals surface area contributed by atoms with Crippen molar-refractivity contribution >= 4 is 21.6 Å². The predicted octanol–water partition coefficient (Wildman–Crippen LogP) is 7.45. The van der Waals surface area contributed by atoms with Crippen LogP contribution in [0.25, 0.3) is 11.1 Å². The first-order valence-electron chi connectivity index (χ1n) is 16.3. The van der Waals surface area contributed by atoms with Gasteiger partial charge < -0.3 is 34.3 Å². The Bertz CT molecular complexity index is 1840. The zero-order valence-corrected chi connectivity index (χ0v) is 28.2. The summed E-state index contributed by atoms with van der Waals surface area (Å²) in [5.41, 5.74) is 6.67. The number of benzene rings is 3. The van der Waals surface area contributed by atoms with Crippen molar-refractivity contribution in [3.63, 3.8) is 0 Å². The van der Waals surface area contributed by atoms with E-state index in [1.54, 1.807) is 30.0 Å². The minimum Gasteiger partial charge on any atom is -0.508 e. The molecular formula is C38H38O7S2. The van der Waals surface area contributed by atoms with Crippen molar-refractivity contribution in [1.82, 2.24) is 0 Å². The van der Waals surface area contributed by atoms with Gasteiger partial charge in [-0.2, -0.15) is 0 Å². The average Bonchev–Trinajstić information content (AvgIpc) is 3.11. The minimum atomic E-state index is -0.956. The Morgan fingerprint density at radius 3 is 2.60 bits per heavy atom. The molecule has 6 bridgehead atoms. The van der Waals surface area contributed by atoms with Crippen molar-refractivity contribution in [2.75, 3.05) is 21.3 Å². The summed E-state index contributed by atoms with van der Waals surface area (Å²) < 4.78 is 24.2. The van der Waals surface area contributed by atoms with Gasteiger partial charge in [-0.1, -0.05) is 51.6 Å². The molecule has 47 heavy (non-hydrogen) atoms. The standard InChI is InChI=1S/C38H38O7S2/c1-42-28-18-29-33-27-15-20(25-16-21(39)12-13-23(25)32(27)28)11-10-19-6-4-7-22(14-19)46-47-31-9-5-8-24-26(38(45-29)36(41)34(31)33)17-30(43-2)35(40)37(24)44-3/h4,7,12-13,16-20,22,31,34,36,38-41H,6,8,10-11,14-15H2,1-3H3. The number of fused-ring (bicyclic) bond motifs is 9. The van der Waals surface area contributed by atoms with Crippen LogP contribution in [0.2, 0.25) is 0 Å². The van der Waals surface area contributed by atoms with Gasteiger partial charge in [0.05, 0.1) is 26.6 Å². The molecule has 3 aromatic rings. The molecule has 8 rings (SSSR count). The molecule has 0 amide bonds. The van der Waals surface area contributed by atoms with E-state index in [9.17, 15) is 15.3 Å². The lowest BCUT2D eigenvalue weighted by Gasteiger charge is -2.42. The van der Waals surface area contributed by atoms with Gasteiger partial charge in [0.15, 0.2) is 17.6 Å². The molecule has 2 heterocycles. The van der Waals surface area contributed by atoms with Crippen molar-refractivity contribution in [2.45, 2.75) is 73.1 Å². The first kappa shape index (κ1) is 30.7. The second-order valence-electron chi connectivity index (χ2n) is 13.1. The molecule has 0 radical (unpaired) electrons. The van der Waals surface area contributed by atoms with Crippen molar-refractivity contribution in [3.05, 3.63) is 70.3 Å². The Morgan fingerprint density at radius 1 is 0.936 bits per heavy atom. The number of allylic oxidation sites excluding steroid dienone is 1. The minimum absolute atomic E-state index is 0.0990. The molecule has 5 aliphatic rings. The maximum atomic E-state index is 12.6. The molecule has 3 aliphatic carbocycles. The highest BCUT2D eigenvalue weighted by Crippen LogP contribution is 2.59. The molecule has 9 heteroatoms. The molecule has 0 spiro atoms. The number of hydrogen-bond donors (Lipinski definition) is 3. The quantitative estimate of drug-likeness (QED) is 0.149. The third-order valence-electron chi connectivity index (χ3n) is 10.6. The average molecular weight is 671 g/mol. The number of phenols is 2. The topological polar surface area (TPSA) is 97.6 Å². The number of aromatic hydroxyl groups is 2. The van der Waals surface area contributed by atoms with Crippen LogP contribution in [0.4, 0.5) is 0 Å². The van der Waals surface area contributed by atoms with Crippen LogP contribution < -0.4 is 18.9 Å². The zero-order valence-electron chi connectivity index (χ0n) is 26.6. The highest BCUT2D eigenvalue weighted by atomic mass is 33.1. The van der Waals surface area contributed by atoms with Gasteiger partial charge in [-0.05, 0) is 78.8 Å². The van der Waals surface area contributed by atoms with Crippen molar-refractivity contribution in [3.8, 4) is 57.5 Å². The van der Waals surface area contributed by atoms with Crippen LogP contribution in [0.3, 0.4) is 0 Å². The summed E-state index contributed by atoms with van der Waals surface area (Å²) in [6.45, 7) is 0. The summed E-state index contributed by atoms with van der Waals surface area (Å²) in [7, 11) is 8.30. The van der Waals surface area contributed by atoms with Crippen molar-refractivity contribution in [1.29, 1.82) is 0 Å². The van der Waals surface area contributed by atoms with Crippen LogP contribution in [0.1, 0.15) is 71.4 Å². The molecule has 7 nitrogen and oxygen atoms in total. The largest absolute Gasteiger partial charge is 0.508 e. The smallest absolute Gasteiger partial charge is 0.201 e. The molecule has 3 aromatic carbocycles. The van der Waals surface area contributed by atoms with Gasteiger partial charge in [0.1, 0.15) is 23.4 Å². The van der Waals surface area contributed by atoms with Gasteiger partial charge >= 0.3 is 0 Å². The molecule has 7 atom stereocenters. The van der Waals surface area contributed by atoms with Crippen LogP contribution >= 0.6 is 21.6 Å². The third kappa shape index (κ3) is 5.03. The lowest BCUT2D eigenvalue weighted by atomic mass is 9.70. The Balaban J connectivity index is 1.40. The Hall–Kier alpha value is -3.58. The second kappa shape index (κ2) is 12.1. The summed E-state index contributed by atoms with van der Waals surface area (Å²) in [4.78, 5) is 0. The van der Waals surface area contributed by atoms with E-state index in [0.717, 1.165) is 59.9 Å². The van der Waals surface area contributed by atoms with E-state index in [-0.39, 0.29) is 40.1 Å². The number of aliphatic hydroxyl groups is 1. The summed E-state index contributed by atoms with van der Waals surface area (Å²) in [5.74, 6) is 9.47. The molecule has 7 unspecified atom stereocenters. The fourth-order valence-electron chi connectivity index (χ4n) is 8.41. The fourth-order valence-corrected chi connectivity index (χ4v) is 11.5. The van der Waals surface area contributed by atoms with Crippen molar-refractivity contribution < 1.29 is 34.3 Å². The van der Waals surface area contributed by atoms with E-state index in [4.69, 9.17) is 18.9 Å². The van der Waals surface area contributed by atoms with Gasteiger partial charge in [-0.15, -0.1) is 0 Å². The van der Waals surface area contributed by atoms with E-state index >= 15 is 0 Å². The van der Waals surface area contributed by atoms with Gasteiger partial charge in [0, 0.05) is 45.9 Å². The molecular weight excluding hydrogens is 633 g/mol. The number of ether oxygens (including phenoxy) is 4. The zero-order chi connectivity index (χ0) is 32.4. The number of phenolic OH excluding ortho intramolecular Hbond substituents is 2. The Morgan fingerprint density at radius 2 is 1.79 bits per heavy atom. The van der Waals surface area contributed by atoms with E-state index < -0.39 is 12.2 Å². The van der Waals surface area contributed by atoms with Crippen LogP contribution in [-0.2, 0) is 12.8 Å². The number of rotatable bonds is 3. The molecule has 0 saturated carbocycles. The van der Waals surface area contributed by atoms with Gasteiger partial charge in [-0.25, -0.2) is 0 Å². The summed E-state index contributed by atoms with van der Waals surface area (Å²) in [6, 6.07) is 9.40. The summed E-state index contributed by atoms with van der Waals surface area (Å²) >= 11 is 0. The van der Waals surface area contributed by atoms with E-state index in [2.05, 4.69) is 24.0 Å². The van der Waals surface area contributed by atoms with Crippen LogP contribution in [-0.4, -0.2) is 53.3 Å². The number of methoxy groups -OCH3 is 3. The molecule has 3 N–H and O–H groups in total. The van der Waals surface area contributed by atoms with Gasteiger partial charge in [0.25, 0.3) is 0 Å². The Labute approximate surface area is 283 Å². The van der Waals surface area contributed by atoms with Gasteiger partial charge in [-0.3, -0.25) is 0 Å². The maximum absolute atomic E-state index is 12.6. The fraction of sp³-hybridized carbons (Fsp3) is 0.421. The van der Waals surface area contributed by atoms with E-state index in [1.165, 1.54) is 14.2 Å². The van der Waals surface area contributed by atoms with Crippen LogP contribution in [0, 0.1) is 17.8 Å². The Kier molecular flexibility index (Phi) is 7.94. The predicted molar refractivity (Wildman–Crippen MR) is 185 cm³/mol. The monoisotopic (exact) mass is 670 g/mol. The molecule has 0 saturated heterocycles. The molecule has 0 fully saturated rings. The lowest BCUT2D eigenvalue weighted by Crippen LogP contribution is -2.40. The highest BCUT2D eigenvalue weighted by Gasteiger charge is 2.48. The summed E-state index contributed by atoms with van der Waals surface area (Å²) in [6.07, 6.45) is 8.29. The van der Waals surface area contributed by atoms with Crippen molar-refractivity contribution in [2.24, 2.45) is 5.92 Å². The highest BCUT2D eigenvalue weighted by molar-refractivity contribution is 8.77. The normalized spacial score (nSPS) is 28.2. The lowest BCUT2D eigenvalue weighted by molar-refractivity contribution is 0.000945. The number of hydrogen-bond acceptors (Lipinski definition) is 9. The van der Waals surface area contributed by atoms with E-state index in [0.29, 0.717) is 40.2 Å². The molecule has 0 aromatic heterocycles. The summed E-state index contributed by atoms with van der Waals surface area (Å²) in [5, 5.41) is 34.3. The third-order valence-corrected chi connectivity index (χ3v) is 13.6. The van der Waals surface area contributed by atoms with Gasteiger partial charge in [0.2, 0.25) is 5.75 Å². The van der Waals surface area contributed by atoms with E-state index in [1.807, 2.05) is 29.0 Å². The van der Waals surface area contributed by atoms with Crippen LogP contribution in [0.5, 0.6) is 34.5 Å². The number of aliphatic hydroxyl groups excluding tert-OH is 1. The maximum Gasteiger partial charge on any atom is 0.201 e. The van der Waals surface area contributed by atoms with Crippen LogP contribution in [0.15, 0.2) is 42.5 Å². The first-order valence-corrected chi connectivity index (χ1v) is 18.5. The molecule has 2 aliphatic heterocycles.